The van der Waals surface area contributed by atoms with Crippen LogP contribution in [0.4, 0.5) is 0 Å². The smallest absolute Gasteiger partial charge is 0.227 e. The molecule has 1 aromatic heterocycles. The number of ether oxygens (including phenoxy) is 2. The fourth-order valence-corrected chi connectivity index (χ4v) is 5.43. The van der Waals surface area contributed by atoms with E-state index in [1.807, 2.05) is 28.4 Å². The number of thiophene rings is 1. The van der Waals surface area contributed by atoms with E-state index in [-0.39, 0.29) is 18.3 Å². The Labute approximate surface area is 206 Å². The van der Waals surface area contributed by atoms with Gasteiger partial charge in [-0.1, -0.05) is 18.2 Å². The first kappa shape index (κ1) is 25.3. The molecule has 33 heavy (non-hydrogen) atoms. The highest BCUT2D eigenvalue weighted by Crippen LogP contribution is 2.32. The van der Waals surface area contributed by atoms with Crippen molar-refractivity contribution >= 4 is 39.7 Å². The molecule has 2 aromatic carbocycles. The second-order valence-electron chi connectivity index (χ2n) is 8.45. The van der Waals surface area contributed by atoms with Gasteiger partial charge in [-0.05, 0) is 78.5 Å². The summed E-state index contributed by atoms with van der Waals surface area (Å²) in [4.78, 5) is 17.2. The Bertz CT molecular complexity index is 1080. The van der Waals surface area contributed by atoms with Gasteiger partial charge in [0, 0.05) is 24.3 Å². The van der Waals surface area contributed by atoms with E-state index < -0.39 is 0 Å². The number of halogens is 1. The van der Waals surface area contributed by atoms with Crippen molar-refractivity contribution in [1.82, 2.24) is 9.80 Å². The number of benzene rings is 2. The summed E-state index contributed by atoms with van der Waals surface area (Å²) in [5.41, 5.74) is 3.66. The second-order valence-corrected chi connectivity index (χ2v) is 9.36. The Kier molecular flexibility index (Phi) is 9.01. The van der Waals surface area contributed by atoms with Crippen molar-refractivity contribution in [3.8, 4) is 11.5 Å². The van der Waals surface area contributed by atoms with Crippen LogP contribution in [0.2, 0.25) is 0 Å². The van der Waals surface area contributed by atoms with Gasteiger partial charge in [-0.15, -0.1) is 23.7 Å². The fourth-order valence-electron chi connectivity index (χ4n) is 4.43. The van der Waals surface area contributed by atoms with Crippen molar-refractivity contribution in [3.05, 3.63) is 58.5 Å². The number of carbonyl (C=O) groups excluding carboxylic acids is 1. The maximum atomic E-state index is 12.9. The van der Waals surface area contributed by atoms with Gasteiger partial charge in [0.1, 0.15) is 0 Å². The van der Waals surface area contributed by atoms with Crippen molar-refractivity contribution in [2.75, 3.05) is 47.4 Å². The van der Waals surface area contributed by atoms with Gasteiger partial charge in [0.05, 0.1) is 20.6 Å². The molecule has 4 rings (SSSR count). The Hall–Kier alpha value is -2.28. The molecule has 2 heterocycles. The molecule has 0 N–H and O–H groups in total. The lowest BCUT2D eigenvalue weighted by atomic mass is 10.0. The first-order valence-corrected chi connectivity index (χ1v) is 12.1. The highest BCUT2D eigenvalue weighted by atomic mass is 35.5. The average Bonchev–Trinajstić information content (AvgIpc) is 3.16. The predicted molar refractivity (Wildman–Crippen MR) is 138 cm³/mol. The second kappa shape index (κ2) is 11.7. The molecule has 0 bridgehead atoms. The molecule has 1 aliphatic rings. The Morgan fingerprint density at radius 3 is 2.55 bits per heavy atom. The van der Waals surface area contributed by atoms with Crippen LogP contribution in [-0.2, 0) is 24.1 Å². The van der Waals surface area contributed by atoms with Crippen molar-refractivity contribution in [1.29, 1.82) is 0 Å². The zero-order valence-electron chi connectivity index (χ0n) is 19.6. The van der Waals surface area contributed by atoms with Gasteiger partial charge in [-0.3, -0.25) is 4.79 Å². The standard InChI is InChI=1S/C26H32N2O3S.ClH/c1-27(13-9-20-18-32-25-8-5-4-7-22(20)25)11-6-12-28-14-10-19-15-23(30-2)24(31-3)16-21(19)17-26(28)29;/h4-5,7-8,15-16,18H,6,9-14,17H2,1-3H3;1H. The zero-order valence-corrected chi connectivity index (χ0v) is 21.3. The SMILES string of the molecule is COc1cc2c(cc1OC)CC(=O)N(CCCN(C)CCc1csc3ccccc13)CC2.Cl. The van der Waals surface area contributed by atoms with Crippen LogP contribution in [0.25, 0.3) is 10.1 Å². The largest absolute Gasteiger partial charge is 0.493 e. The molecule has 0 unspecified atom stereocenters. The normalized spacial score (nSPS) is 13.6. The summed E-state index contributed by atoms with van der Waals surface area (Å²) >= 11 is 1.83. The van der Waals surface area contributed by atoms with Gasteiger partial charge in [0.25, 0.3) is 0 Å². The van der Waals surface area contributed by atoms with Gasteiger partial charge >= 0.3 is 0 Å². The van der Waals surface area contributed by atoms with Gasteiger partial charge in [-0.2, -0.15) is 0 Å². The van der Waals surface area contributed by atoms with Crippen LogP contribution < -0.4 is 9.47 Å². The molecule has 0 fully saturated rings. The summed E-state index contributed by atoms with van der Waals surface area (Å²) in [7, 11) is 5.45. The summed E-state index contributed by atoms with van der Waals surface area (Å²) in [6, 6.07) is 12.6. The number of likely N-dealkylation sites (N-methyl/N-ethyl adjacent to an activating group) is 1. The van der Waals surface area contributed by atoms with Gasteiger partial charge in [0.15, 0.2) is 11.5 Å². The van der Waals surface area contributed by atoms with E-state index in [1.54, 1.807) is 14.2 Å². The molecule has 0 saturated heterocycles. The molecule has 1 aliphatic heterocycles. The van der Waals surface area contributed by atoms with E-state index >= 15 is 0 Å². The molecule has 1 amide bonds. The highest BCUT2D eigenvalue weighted by Gasteiger charge is 2.22. The molecule has 0 saturated carbocycles. The number of methoxy groups -OCH3 is 2. The molecular weight excluding hydrogens is 456 g/mol. The Balaban J connectivity index is 0.00000306. The highest BCUT2D eigenvalue weighted by molar-refractivity contribution is 7.17. The molecule has 0 spiro atoms. The van der Waals surface area contributed by atoms with E-state index in [1.165, 1.54) is 21.2 Å². The lowest BCUT2D eigenvalue weighted by molar-refractivity contribution is -0.130. The monoisotopic (exact) mass is 488 g/mol. The van der Waals surface area contributed by atoms with Crippen molar-refractivity contribution in [2.24, 2.45) is 0 Å². The van der Waals surface area contributed by atoms with Crippen LogP contribution in [0.15, 0.2) is 41.8 Å². The summed E-state index contributed by atoms with van der Waals surface area (Å²) in [6.07, 6.45) is 3.32. The third kappa shape index (κ3) is 5.99. The quantitative estimate of drug-likeness (QED) is 0.432. The van der Waals surface area contributed by atoms with Crippen LogP contribution in [0.3, 0.4) is 0 Å². The summed E-state index contributed by atoms with van der Waals surface area (Å²) in [5, 5.41) is 3.67. The topological polar surface area (TPSA) is 42.0 Å². The molecule has 7 heteroatoms. The minimum Gasteiger partial charge on any atom is -0.493 e. The van der Waals surface area contributed by atoms with E-state index in [0.29, 0.717) is 12.2 Å². The molecule has 178 valence electrons. The summed E-state index contributed by atoms with van der Waals surface area (Å²) in [5.74, 6) is 1.61. The van der Waals surface area contributed by atoms with Gasteiger partial charge < -0.3 is 19.3 Å². The van der Waals surface area contributed by atoms with Crippen LogP contribution in [0, 0.1) is 0 Å². The summed E-state index contributed by atoms with van der Waals surface area (Å²) in [6.45, 7) is 3.57. The van der Waals surface area contributed by atoms with Crippen LogP contribution in [0.1, 0.15) is 23.1 Å². The molecule has 0 radical (unpaired) electrons. The van der Waals surface area contributed by atoms with Crippen molar-refractivity contribution in [3.63, 3.8) is 0 Å². The number of fused-ring (bicyclic) bond motifs is 2. The van der Waals surface area contributed by atoms with E-state index in [2.05, 4.69) is 41.6 Å². The number of rotatable bonds is 9. The van der Waals surface area contributed by atoms with E-state index in [0.717, 1.165) is 56.8 Å². The predicted octanol–water partition coefficient (Wildman–Crippen LogP) is 4.83. The minimum atomic E-state index is 0. The zero-order chi connectivity index (χ0) is 22.5. The molecular formula is C26H33ClN2O3S. The Morgan fingerprint density at radius 1 is 1.06 bits per heavy atom. The molecule has 0 aliphatic carbocycles. The lowest BCUT2D eigenvalue weighted by Gasteiger charge is -2.22. The average molecular weight is 489 g/mol. The van der Waals surface area contributed by atoms with Crippen LogP contribution in [-0.4, -0.2) is 63.2 Å². The van der Waals surface area contributed by atoms with E-state index in [4.69, 9.17) is 9.47 Å². The number of nitrogens with zero attached hydrogens (tertiary/aromatic N) is 2. The molecule has 3 aromatic rings. The van der Waals surface area contributed by atoms with Crippen molar-refractivity contribution in [2.45, 2.75) is 25.7 Å². The maximum absolute atomic E-state index is 12.9. The number of hydrogen-bond donors (Lipinski definition) is 0. The van der Waals surface area contributed by atoms with Crippen LogP contribution in [0.5, 0.6) is 11.5 Å². The first-order valence-electron chi connectivity index (χ1n) is 11.2. The van der Waals surface area contributed by atoms with Crippen LogP contribution >= 0.6 is 23.7 Å². The van der Waals surface area contributed by atoms with E-state index in [9.17, 15) is 4.79 Å². The summed E-state index contributed by atoms with van der Waals surface area (Å²) < 4.78 is 12.2. The minimum absolute atomic E-state index is 0. The van der Waals surface area contributed by atoms with Gasteiger partial charge in [-0.25, -0.2) is 0 Å². The van der Waals surface area contributed by atoms with Gasteiger partial charge in [0.2, 0.25) is 5.91 Å². The first-order chi connectivity index (χ1) is 15.6. The number of carbonyl (C=O) groups is 1. The Morgan fingerprint density at radius 2 is 1.79 bits per heavy atom. The maximum Gasteiger partial charge on any atom is 0.227 e. The lowest BCUT2D eigenvalue weighted by Crippen LogP contribution is -2.35. The molecule has 0 atom stereocenters. The number of hydrogen-bond acceptors (Lipinski definition) is 5. The number of amides is 1. The van der Waals surface area contributed by atoms with Crippen molar-refractivity contribution < 1.29 is 14.3 Å². The molecule has 5 nitrogen and oxygen atoms in total. The fraction of sp³-hybridized carbons (Fsp3) is 0.423. The third-order valence-electron chi connectivity index (χ3n) is 6.34. The third-order valence-corrected chi connectivity index (χ3v) is 7.36.